The number of ether oxygens (including phenoxy) is 17. The van der Waals surface area contributed by atoms with Crippen LogP contribution < -0.4 is 0 Å². The second kappa shape index (κ2) is 25.9. The van der Waals surface area contributed by atoms with Crippen LogP contribution in [0.25, 0.3) is 0 Å². The summed E-state index contributed by atoms with van der Waals surface area (Å²) in [6.45, 7) is 12.1. The first-order chi connectivity index (χ1) is 33.2. The van der Waals surface area contributed by atoms with E-state index in [0.29, 0.717) is 0 Å². The van der Waals surface area contributed by atoms with Gasteiger partial charge in [-0.25, -0.2) is 0 Å². The van der Waals surface area contributed by atoms with Crippen molar-refractivity contribution in [3.8, 4) is 0 Å². The molecule has 71 heavy (non-hydrogen) atoms. The molecule has 0 radical (unpaired) electrons. The van der Waals surface area contributed by atoms with Crippen LogP contribution in [0.15, 0.2) is 12.3 Å². The Balaban J connectivity index is 1.92. The molecule has 0 aromatic rings. The quantitative estimate of drug-likeness (QED) is 0.127. The second-order valence-electron chi connectivity index (χ2n) is 16.5. The highest BCUT2D eigenvalue weighted by Gasteiger charge is 2.59. The molecule has 3 saturated heterocycles. The Morgan fingerprint density at radius 2 is 0.676 bits per heavy atom. The summed E-state index contributed by atoms with van der Waals surface area (Å²) in [5.41, 5.74) is 0. The Kier molecular flexibility index (Phi) is 21.0. The maximum atomic E-state index is 13.0. The number of hydrogen-bond acceptors (Lipinski definition) is 27. The molecule has 27 nitrogen and oxygen atoms in total. The van der Waals surface area contributed by atoms with Gasteiger partial charge in [-0.15, -0.1) is 0 Å². The monoisotopic (exact) mass is 1020 g/mol. The lowest BCUT2D eigenvalue weighted by atomic mass is 9.96. The third-order valence-corrected chi connectivity index (χ3v) is 10.4. The minimum absolute atomic E-state index is 0.567. The van der Waals surface area contributed by atoms with E-state index in [1.54, 1.807) is 0 Å². The standard InChI is InChI=1S/C44H60O27/c1-17-32(60-21(5)47)36(63-24(8)50)39(66-27(11)53)42(58-17)68-29-13-14-55-30(15-56-19(3)45)34(29)70-44-41(38(65-26(10)52)35(62-23(7)49)31(69-44)16-57-20(4)46)71-43-40(67-28(12)54)37(64-25(9)51)33(18(2)59-43)61-22(6)48/h13-14,17-18,29-44H,15-16H2,1-12H3/t17?,18?,29?,30?,31?,32-,33+,34+,35+,36?,37?,38+,39-,40+,41?,42+,43?,44+/m1/s1. The van der Waals surface area contributed by atoms with E-state index in [1.807, 2.05) is 0 Å². The first-order valence-corrected chi connectivity index (χ1v) is 22.1. The molecule has 4 aliphatic heterocycles. The maximum absolute atomic E-state index is 13.0. The largest absolute Gasteiger partial charge is 0.492 e. The van der Waals surface area contributed by atoms with E-state index in [9.17, 15) is 47.9 Å². The second-order valence-corrected chi connectivity index (χ2v) is 16.5. The Morgan fingerprint density at radius 1 is 0.352 bits per heavy atom. The molecule has 0 aromatic heterocycles. The van der Waals surface area contributed by atoms with Gasteiger partial charge in [0.25, 0.3) is 0 Å². The smallest absolute Gasteiger partial charge is 0.303 e. The van der Waals surface area contributed by atoms with E-state index < -0.39 is 183 Å². The summed E-state index contributed by atoms with van der Waals surface area (Å²) in [6.07, 6.45) is -26.1. The van der Waals surface area contributed by atoms with Gasteiger partial charge >= 0.3 is 59.7 Å². The SMILES string of the molecule is CC(=O)OCC1OC=CC(O[C@@H]2OC(C)[C@@H](OC(C)=O)C(OC(C)=O)[C@H]2OC(C)=O)[C@@H]1O[C@@H]1OC(COC(C)=O)[C@H](OC(C)=O)[C@H](OC(C)=O)C1OC1OC(C)[C@H](OC(C)=O)C(OC(C)=O)[C@@H]1OC(C)=O. The third kappa shape index (κ3) is 16.5. The van der Waals surface area contributed by atoms with Crippen molar-refractivity contribution in [3.05, 3.63) is 12.3 Å². The van der Waals surface area contributed by atoms with Gasteiger partial charge < -0.3 is 80.5 Å². The lowest BCUT2D eigenvalue weighted by molar-refractivity contribution is -0.379. The molecule has 0 N–H and O–H groups in total. The van der Waals surface area contributed by atoms with Crippen molar-refractivity contribution in [1.29, 1.82) is 0 Å². The van der Waals surface area contributed by atoms with Gasteiger partial charge in [-0.1, -0.05) is 0 Å². The van der Waals surface area contributed by atoms with E-state index in [1.165, 1.54) is 19.9 Å². The molecule has 0 saturated carbocycles. The van der Waals surface area contributed by atoms with Crippen LogP contribution in [0.2, 0.25) is 0 Å². The highest BCUT2D eigenvalue weighted by Crippen LogP contribution is 2.38. The van der Waals surface area contributed by atoms with E-state index in [0.717, 1.165) is 75.5 Å². The normalized spacial score (nSPS) is 34.4. The fourth-order valence-electron chi connectivity index (χ4n) is 7.99. The van der Waals surface area contributed by atoms with Gasteiger partial charge in [-0.2, -0.15) is 0 Å². The van der Waals surface area contributed by atoms with E-state index >= 15 is 0 Å². The molecule has 0 aromatic carbocycles. The van der Waals surface area contributed by atoms with Crippen molar-refractivity contribution in [3.63, 3.8) is 0 Å². The summed E-state index contributed by atoms with van der Waals surface area (Å²) in [5.74, 6) is -8.83. The van der Waals surface area contributed by atoms with Crippen LogP contribution in [0.1, 0.15) is 83.1 Å². The van der Waals surface area contributed by atoms with Crippen LogP contribution in [0.3, 0.4) is 0 Å². The molecule has 398 valence electrons. The van der Waals surface area contributed by atoms with Crippen LogP contribution in [0, 0.1) is 0 Å². The zero-order valence-electron chi connectivity index (χ0n) is 41.0. The molecule has 3 fully saturated rings. The van der Waals surface area contributed by atoms with Gasteiger partial charge in [0, 0.05) is 69.2 Å². The number of carbonyl (C=O) groups is 10. The third-order valence-electron chi connectivity index (χ3n) is 10.4. The number of esters is 10. The zero-order chi connectivity index (χ0) is 53.0. The minimum atomic E-state index is -1.97. The zero-order valence-corrected chi connectivity index (χ0v) is 41.0. The summed E-state index contributed by atoms with van der Waals surface area (Å²) >= 11 is 0. The molecule has 0 bridgehead atoms. The highest BCUT2D eigenvalue weighted by atomic mass is 16.8. The Morgan fingerprint density at radius 3 is 1.08 bits per heavy atom. The summed E-state index contributed by atoms with van der Waals surface area (Å²) < 4.78 is 99.1. The van der Waals surface area contributed by atoms with Gasteiger partial charge in [0.1, 0.15) is 31.5 Å². The minimum Gasteiger partial charge on any atom is -0.492 e. The summed E-state index contributed by atoms with van der Waals surface area (Å²) in [5, 5.41) is 0. The molecule has 0 aliphatic carbocycles. The molecule has 4 heterocycles. The van der Waals surface area contributed by atoms with Crippen molar-refractivity contribution in [2.45, 2.75) is 194 Å². The lowest BCUT2D eigenvalue weighted by Crippen LogP contribution is -2.67. The maximum Gasteiger partial charge on any atom is 0.303 e. The molecule has 4 aliphatic rings. The Bertz CT molecular complexity index is 1990. The van der Waals surface area contributed by atoms with Crippen LogP contribution in [0.4, 0.5) is 0 Å². The summed E-state index contributed by atoms with van der Waals surface area (Å²) in [6, 6.07) is 0. The van der Waals surface area contributed by atoms with Gasteiger partial charge in [0.05, 0.1) is 18.5 Å². The van der Waals surface area contributed by atoms with Crippen LogP contribution in [-0.2, 0) is 128 Å². The summed E-state index contributed by atoms with van der Waals surface area (Å²) in [7, 11) is 0. The molecule has 0 spiro atoms. The first-order valence-electron chi connectivity index (χ1n) is 22.1. The van der Waals surface area contributed by atoms with Crippen LogP contribution in [0.5, 0.6) is 0 Å². The molecule has 27 heteroatoms. The van der Waals surface area contributed by atoms with Crippen molar-refractivity contribution in [1.82, 2.24) is 0 Å². The fraction of sp³-hybridized carbons (Fsp3) is 0.727. The number of carbonyl (C=O) groups excluding carboxylic acids is 10. The van der Waals surface area contributed by atoms with Gasteiger partial charge in [0.2, 0.25) is 0 Å². The Labute approximate surface area is 406 Å². The molecule has 0 amide bonds. The van der Waals surface area contributed by atoms with Gasteiger partial charge in [0.15, 0.2) is 79.9 Å². The Hall–Kier alpha value is -6.00. The van der Waals surface area contributed by atoms with Crippen molar-refractivity contribution in [2.75, 3.05) is 13.2 Å². The average molecular weight is 1020 g/mol. The predicted molar refractivity (Wildman–Crippen MR) is 224 cm³/mol. The van der Waals surface area contributed by atoms with Crippen molar-refractivity contribution < 1.29 is 128 Å². The van der Waals surface area contributed by atoms with Crippen molar-refractivity contribution in [2.24, 2.45) is 0 Å². The highest BCUT2D eigenvalue weighted by molar-refractivity contribution is 5.70. The lowest BCUT2D eigenvalue weighted by Gasteiger charge is -2.49. The van der Waals surface area contributed by atoms with Crippen LogP contribution in [-0.4, -0.2) is 183 Å². The first kappa shape index (κ1) is 57.6. The predicted octanol–water partition coefficient (Wildman–Crippen LogP) is -0.151. The topological polar surface area (TPSA) is 328 Å². The summed E-state index contributed by atoms with van der Waals surface area (Å²) in [4.78, 5) is 125. The average Bonchev–Trinajstić information content (AvgIpc) is 3.23. The number of hydrogen-bond donors (Lipinski definition) is 0. The van der Waals surface area contributed by atoms with E-state index in [2.05, 4.69) is 0 Å². The van der Waals surface area contributed by atoms with Crippen LogP contribution >= 0.6 is 0 Å². The van der Waals surface area contributed by atoms with Crippen molar-refractivity contribution >= 4 is 59.7 Å². The van der Waals surface area contributed by atoms with Gasteiger partial charge in [-0.05, 0) is 19.9 Å². The molecule has 9 unspecified atom stereocenters. The number of rotatable bonds is 18. The van der Waals surface area contributed by atoms with E-state index in [4.69, 9.17) is 80.5 Å². The fourth-order valence-corrected chi connectivity index (χ4v) is 7.99. The van der Waals surface area contributed by atoms with E-state index in [-0.39, 0.29) is 0 Å². The molecule has 18 atom stereocenters. The molecule has 4 rings (SSSR count). The molecular weight excluding hydrogens is 960 g/mol. The van der Waals surface area contributed by atoms with Gasteiger partial charge in [-0.3, -0.25) is 47.9 Å². The molecular formula is C44H60O27.